The molecule has 166 valence electrons. The topological polar surface area (TPSA) is 88.2 Å². The van der Waals surface area contributed by atoms with Crippen LogP contribution in [0.15, 0.2) is 54.4 Å². The van der Waals surface area contributed by atoms with Crippen molar-refractivity contribution in [3.8, 4) is 0 Å². The van der Waals surface area contributed by atoms with Crippen LogP contribution in [0.3, 0.4) is 0 Å². The summed E-state index contributed by atoms with van der Waals surface area (Å²) in [6.45, 7) is 0. The normalized spacial score (nSPS) is 16.2. The number of amides is 3. The van der Waals surface area contributed by atoms with Gasteiger partial charge in [-0.15, -0.1) is 11.6 Å². The van der Waals surface area contributed by atoms with E-state index in [1.807, 2.05) is 5.32 Å². The van der Waals surface area contributed by atoms with E-state index in [4.69, 9.17) is 34.8 Å². The van der Waals surface area contributed by atoms with Gasteiger partial charge in [0, 0.05) is 11.8 Å². The van der Waals surface area contributed by atoms with Crippen molar-refractivity contribution in [2.75, 3.05) is 0 Å². The van der Waals surface area contributed by atoms with E-state index in [-0.39, 0.29) is 32.6 Å². The van der Waals surface area contributed by atoms with Crippen molar-refractivity contribution >= 4 is 58.1 Å². The van der Waals surface area contributed by atoms with Gasteiger partial charge in [0.25, 0.3) is 5.91 Å². The van der Waals surface area contributed by atoms with Crippen LogP contribution in [-0.4, -0.2) is 28.1 Å². The fraction of sp³-hybridized carbons (Fsp3) is 0.100. The monoisotopic (exact) mass is 503 g/mol. The van der Waals surface area contributed by atoms with Gasteiger partial charge in [-0.2, -0.15) is 13.2 Å². The largest absolute Gasteiger partial charge is 0.417 e. The van der Waals surface area contributed by atoms with Crippen LogP contribution >= 0.6 is 34.8 Å². The Morgan fingerprint density at radius 3 is 2.38 bits per heavy atom. The SMILES string of the molecule is O=C(NC(=O)c1ccccc1Cl)NC1=CC=C(c2ncc(C(F)(F)F)cc2Cl)C(Cl)C1=O. The van der Waals surface area contributed by atoms with Crippen LogP contribution in [0, 0.1) is 0 Å². The summed E-state index contributed by atoms with van der Waals surface area (Å²) < 4.78 is 38.4. The minimum absolute atomic E-state index is 0.0495. The van der Waals surface area contributed by atoms with Crippen LogP contribution in [0.1, 0.15) is 21.6 Å². The lowest BCUT2D eigenvalue weighted by Crippen LogP contribution is -2.42. The van der Waals surface area contributed by atoms with Gasteiger partial charge < -0.3 is 5.32 Å². The molecule has 32 heavy (non-hydrogen) atoms. The van der Waals surface area contributed by atoms with Crippen molar-refractivity contribution in [2.45, 2.75) is 11.6 Å². The number of rotatable bonds is 3. The lowest BCUT2D eigenvalue weighted by atomic mass is 9.97. The Morgan fingerprint density at radius 1 is 1.06 bits per heavy atom. The summed E-state index contributed by atoms with van der Waals surface area (Å²) in [5, 5.41) is 2.61. The zero-order valence-corrected chi connectivity index (χ0v) is 17.9. The molecule has 3 rings (SSSR count). The van der Waals surface area contributed by atoms with Gasteiger partial charge in [-0.25, -0.2) is 4.79 Å². The molecule has 1 aliphatic rings. The molecule has 0 saturated carbocycles. The van der Waals surface area contributed by atoms with Gasteiger partial charge in [0.15, 0.2) is 0 Å². The van der Waals surface area contributed by atoms with Gasteiger partial charge in [-0.05, 0) is 24.3 Å². The Morgan fingerprint density at radius 2 is 1.75 bits per heavy atom. The van der Waals surface area contributed by atoms with Crippen molar-refractivity contribution in [3.05, 3.63) is 81.2 Å². The Balaban J connectivity index is 1.78. The van der Waals surface area contributed by atoms with Crippen LogP contribution in [0.5, 0.6) is 0 Å². The van der Waals surface area contributed by atoms with Crippen molar-refractivity contribution in [1.29, 1.82) is 0 Å². The Labute approximate surface area is 194 Å². The van der Waals surface area contributed by atoms with Gasteiger partial charge >= 0.3 is 12.2 Å². The molecule has 1 atom stereocenters. The lowest BCUT2D eigenvalue weighted by molar-refractivity contribution is -0.137. The highest BCUT2D eigenvalue weighted by Crippen LogP contribution is 2.35. The number of carbonyl (C=O) groups excluding carboxylic acids is 3. The molecule has 2 N–H and O–H groups in total. The zero-order valence-electron chi connectivity index (χ0n) is 15.6. The van der Waals surface area contributed by atoms with E-state index in [0.29, 0.717) is 12.3 Å². The summed E-state index contributed by atoms with van der Waals surface area (Å²) in [5.41, 5.74) is -1.32. The predicted octanol–water partition coefficient (Wildman–Crippen LogP) is 5.00. The molecule has 0 aliphatic heterocycles. The highest BCUT2D eigenvalue weighted by atomic mass is 35.5. The van der Waals surface area contributed by atoms with Crippen molar-refractivity contribution < 1.29 is 27.6 Å². The number of Topliss-reactive ketones (excluding diaryl/α,β-unsaturated/α-hetero) is 1. The second-order valence-corrected chi connectivity index (χ2v) is 7.62. The summed E-state index contributed by atoms with van der Waals surface area (Å²) in [6, 6.07) is 5.68. The number of nitrogens with zero attached hydrogens (tertiary/aromatic N) is 1. The van der Waals surface area contributed by atoms with E-state index < -0.39 is 34.8 Å². The maximum absolute atomic E-state index is 12.8. The number of hydrogen-bond donors (Lipinski definition) is 2. The van der Waals surface area contributed by atoms with E-state index in [2.05, 4.69) is 10.3 Å². The standard InChI is InChI=1S/C20H11Cl3F3N3O3/c21-12-4-2-1-3-10(12)18(31)29-19(32)28-14-6-5-11(15(23)17(14)30)16-13(22)7-9(8-27-16)20(24,25)26/h1-8,15H,(H2,28,29,31,32). The van der Waals surface area contributed by atoms with Crippen molar-refractivity contribution in [2.24, 2.45) is 0 Å². The average Bonchev–Trinajstić information content (AvgIpc) is 2.71. The lowest BCUT2D eigenvalue weighted by Gasteiger charge is -2.20. The van der Waals surface area contributed by atoms with E-state index >= 15 is 0 Å². The molecule has 1 aromatic heterocycles. The number of pyridine rings is 1. The Hall–Kier alpha value is -2.88. The van der Waals surface area contributed by atoms with Gasteiger partial charge in [-0.3, -0.25) is 19.9 Å². The molecule has 1 heterocycles. The number of carbonyl (C=O) groups is 3. The summed E-state index contributed by atoms with van der Waals surface area (Å²) in [4.78, 5) is 40.5. The number of aromatic nitrogens is 1. The quantitative estimate of drug-likeness (QED) is 0.576. The molecule has 12 heteroatoms. The fourth-order valence-electron chi connectivity index (χ4n) is 2.69. The molecule has 3 amide bonds. The predicted molar refractivity (Wildman–Crippen MR) is 112 cm³/mol. The van der Waals surface area contributed by atoms with Crippen LogP contribution in [-0.2, 0) is 11.0 Å². The third kappa shape index (κ3) is 5.12. The molecule has 0 saturated heterocycles. The number of alkyl halides is 4. The number of benzene rings is 1. The Bertz CT molecular complexity index is 1180. The van der Waals surface area contributed by atoms with E-state index in [9.17, 15) is 27.6 Å². The van der Waals surface area contributed by atoms with E-state index in [1.54, 1.807) is 12.1 Å². The molecule has 0 bridgehead atoms. The highest BCUT2D eigenvalue weighted by molar-refractivity contribution is 6.42. The summed E-state index contributed by atoms with van der Waals surface area (Å²) >= 11 is 17.9. The second-order valence-electron chi connectivity index (χ2n) is 6.37. The fourth-order valence-corrected chi connectivity index (χ4v) is 3.49. The third-order valence-electron chi connectivity index (χ3n) is 4.23. The van der Waals surface area contributed by atoms with E-state index in [1.165, 1.54) is 24.3 Å². The number of imide groups is 1. The number of ketones is 1. The van der Waals surface area contributed by atoms with Crippen LogP contribution in [0.2, 0.25) is 10.0 Å². The molecule has 2 aromatic rings. The molecule has 0 spiro atoms. The third-order valence-corrected chi connectivity index (χ3v) is 5.28. The molecular formula is C20H11Cl3F3N3O3. The minimum Gasteiger partial charge on any atom is -0.304 e. The molecule has 0 fully saturated rings. The minimum atomic E-state index is -4.64. The highest BCUT2D eigenvalue weighted by Gasteiger charge is 2.34. The van der Waals surface area contributed by atoms with Gasteiger partial charge in [0.05, 0.1) is 32.6 Å². The number of halogens is 6. The molecular weight excluding hydrogens is 494 g/mol. The van der Waals surface area contributed by atoms with Crippen LogP contribution in [0.4, 0.5) is 18.0 Å². The molecule has 1 aliphatic carbocycles. The van der Waals surface area contributed by atoms with E-state index in [0.717, 1.165) is 0 Å². The smallest absolute Gasteiger partial charge is 0.304 e. The van der Waals surface area contributed by atoms with Crippen LogP contribution < -0.4 is 10.6 Å². The number of urea groups is 1. The van der Waals surface area contributed by atoms with Crippen molar-refractivity contribution in [3.63, 3.8) is 0 Å². The maximum atomic E-state index is 12.8. The average molecular weight is 505 g/mol. The second kappa shape index (κ2) is 9.32. The summed E-state index contributed by atoms with van der Waals surface area (Å²) in [7, 11) is 0. The van der Waals surface area contributed by atoms with Crippen LogP contribution in [0.25, 0.3) is 5.57 Å². The first kappa shape index (κ1) is 23.8. The number of nitrogens with one attached hydrogen (secondary N) is 2. The maximum Gasteiger partial charge on any atom is 0.417 e. The first-order valence-electron chi connectivity index (χ1n) is 8.69. The summed E-state index contributed by atoms with van der Waals surface area (Å²) in [6.07, 6.45) is -1.61. The molecule has 0 radical (unpaired) electrons. The summed E-state index contributed by atoms with van der Waals surface area (Å²) in [5.74, 6) is -1.57. The van der Waals surface area contributed by atoms with Gasteiger partial charge in [0.2, 0.25) is 5.78 Å². The van der Waals surface area contributed by atoms with Gasteiger partial charge in [-0.1, -0.05) is 41.4 Å². The first-order chi connectivity index (χ1) is 15.0. The number of hydrogen-bond acceptors (Lipinski definition) is 4. The Kier molecular flexibility index (Phi) is 6.92. The molecule has 6 nitrogen and oxygen atoms in total. The zero-order chi connectivity index (χ0) is 23.6. The van der Waals surface area contributed by atoms with Gasteiger partial charge in [0.1, 0.15) is 5.38 Å². The molecule has 1 unspecified atom stereocenters. The molecule has 1 aromatic carbocycles. The van der Waals surface area contributed by atoms with Crippen molar-refractivity contribution in [1.82, 2.24) is 15.6 Å². The number of allylic oxidation sites excluding steroid dienone is 4. The first-order valence-corrected chi connectivity index (χ1v) is 9.88.